The van der Waals surface area contributed by atoms with E-state index in [1.54, 1.807) is 18.2 Å². The summed E-state index contributed by atoms with van der Waals surface area (Å²) in [5.74, 6) is 0. The highest BCUT2D eigenvalue weighted by Crippen LogP contribution is 2.33. The number of anilines is 2. The lowest BCUT2D eigenvalue weighted by Gasteiger charge is -2.28. The minimum absolute atomic E-state index is 0.00601. The third-order valence-corrected chi connectivity index (χ3v) is 5.51. The molecule has 0 fully saturated rings. The number of carbonyl (C=O) groups excluding carboxylic acids is 1. The molecule has 0 bridgehead atoms. The molecular formula is C22H17Cl3N4O. The number of hydrogen-bond donors (Lipinski definition) is 3. The van der Waals surface area contributed by atoms with E-state index in [2.05, 4.69) is 21.2 Å². The first-order valence-electron chi connectivity index (χ1n) is 9.19. The lowest BCUT2D eigenvalue weighted by molar-refractivity contribution is 0.252. The van der Waals surface area contributed by atoms with E-state index in [1.807, 2.05) is 48.5 Å². The Bertz CT molecular complexity index is 1120. The fourth-order valence-electron chi connectivity index (χ4n) is 3.26. The van der Waals surface area contributed by atoms with Crippen LogP contribution >= 0.6 is 34.8 Å². The van der Waals surface area contributed by atoms with Crippen LogP contribution in [0.3, 0.4) is 0 Å². The fraction of sp³-hybridized carbons (Fsp3) is 0.0909. The molecular weight excluding hydrogens is 443 g/mol. The van der Waals surface area contributed by atoms with Crippen LogP contribution < -0.4 is 16.1 Å². The van der Waals surface area contributed by atoms with Crippen molar-refractivity contribution in [1.82, 2.24) is 5.43 Å². The van der Waals surface area contributed by atoms with E-state index in [-0.39, 0.29) is 6.04 Å². The van der Waals surface area contributed by atoms with Gasteiger partial charge in [0.2, 0.25) is 0 Å². The second-order valence-corrected chi connectivity index (χ2v) is 8.03. The molecule has 3 aromatic rings. The number of nitrogens with one attached hydrogen (secondary N) is 3. The summed E-state index contributed by atoms with van der Waals surface area (Å²) in [5, 5.41) is 12.1. The van der Waals surface area contributed by atoms with Crippen LogP contribution in [-0.2, 0) is 0 Å². The number of hydrazone groups is 1. The Morgan fingerprint density at radius 1 is 0.967 bits per heavy atom. The molecule has 0 radical (unpaired) electrons. The molecule has 1 heterocycles. The molecule has 8 heteroatoms. The quantitative estimate of drug-likeness (QED) is 0.380. The van der Waals surface area contributed by atoms with E-state index in [0.29, 0.717) is 27.2 Å². The number of rotatable bonds is 3. The van der Waals surface area contributed by atoms with E-state index < -0.39 is 6.03 Å². The molecule has 2 amide bonds. The third kappa shape index (κ3) is 4.70. The molecule has 0 spiro atoms. The van der Waals surface area contributed by atoms with Crippen LogP contribution in [0.25, 0.3) is 0 Å². The monoisotopic (exact) mass is 458 g/mol. The highest BCUT2D eigenvalue weighted by atomic mass is 35.5. The molecule has 0 saturated carbocycles. The summed E-state index contributed by atoms with van der Waals surface area (Å²) in [5.41, 5.74) is 6.74. The van der Waals surface area contributed by atoms with Gasteiger partial charge in [0, 0.05) is 27.7 Å². The SMILES string of the molecule is O=C(NN=C1CC(c2ccc(Cl)cc2)Nc2ccccc21)Nc1ccc(Cl)cc1Cl. The Labute approximate surface area is 189 Å². The average Bonchev–Trinajstić information content (AvgIpc) is 2.74. The van der Waals surface area contributed by atoms with Gasteiger partial charge in [-0.05, 0) is 42.0 Å². The number of amides is 2. The van der Waals surface area contributed by atoms with Crippen molar-refractivity contribution in [2.45, 2.75) is 12.5 Å². The third-order valence-electron chi connectivity index (χ3n) is 4.71. The van der Waals surface area contributed by atoms with Gasteiger partial charge in [-0.3, -0.25) is 0 Å². The molecule has 4 rings (SSSR count). The van der Waals surface area contributed by atoms with Gasteiger partial charge >= 0.3 is 6.03 Å². The number of fused-ring (bicyclic) bond motifs is 1. The Morgan fingerprint density at radius 3 is 2.47 bits per heavy atom. The number of urea groups is 1. The maximum Gasteiger partial charge on any atom is 0.339 e. The molecule has 1 atom stereocenters. The number of carbonyl (C=O) groups is 1. The van der Waals surface area contributed by atoms with Crippen molar-refractivity contribution in [3.63, 3.8) is 0 Å². The molecule has 3 N–H and O–H groups in total. The Hall–Kier alpha value is -2.73. The van der Waals surface area contributed by atoms with E-state index >= 15 is 0 Å². The molecule has 3 aromatic carbocycles. The van der Waals surface area contributed by atoms with E-state index in [9.17, 15) is 4.79 Å². The van der Waals surface area contributed by atoms with Gasteiger partial charge in [0.05, 0.1) is 22.5 Å². The van der Waals surface area contributed by atoms with Crippen molar-refractivity contribution >= 4 is 57.9 Å². The first-order valence-corrected chi connectivity index (χ1v) is 10.3. The Morgan fingerprint density at radius 2 is 1.70 bits per heavy atom. The Balaban J connectivity index is 1.54. The van der Waals surface area contributed by atoms with Crippen molar-refractivity contribution in [2.75, 3.05) is 10.6 Å². The molecule has 152 valence electrons. The topological polar surface area (TPSA) is 65.5 Å². The van der Waals surface area contributed by atoms with Gasteiger partial charge in [-0.25, -0.2) is 10.2 Å². The van der Waals surface area contributed by atoms with Gasteiger partial charge in [0.15, 0.2) is 0 Å². The minimum atomic E-state index is -0.495. The predicted molar refractivity (Wildman–Crippen MR) is 124 cm³/mol. The van der Waals surface area contributed by atoms with E-state index in [4.69, 9.17) is 34.8 Å². The average molecular weight is 460 g/mol. The van der Waals surface area contributed by atoms with Crippen molar-refractivity contribution in [3.8, 4) is 0 Å². The lowest BCUT2D eigenvalue weighted by Crippen LogP contribution is -2.29. The van der Waals surface area contributed by atoms with Crippen molar-refractivity contribution in [1.29, 1.82) is 0 Å². The maximum atomic E-state index is 12.3. The first kappa shape index (κ1) is 20.5. The zero-order valence-electron chi connectivity index (χ0n) is 15.6. The van der Waals surface area contributed by atoms with Gasteiger partial charge < -0.3 is 10.6 Å². The molecule has 0 aliphatic carbocycles. The largest absolute Gasteiger partial charge is 0.377 e. The van der Waals surface area contributed by atoms with E-state index in [1.165, 1.54) is 0 Å². The van der Waals surface area contributed by atoms with E-state index in [0.717, 1.165) is 22.5 Å². The van der Waals surface area contributed by atoms with Crippen LogP contribution in [0.4, 0.5) is 16.2 Å². The zero-order valence-corrected chi connectivity index (χ0v) is 17.9. The number of benzene rings is 3. The molecule has 1 aliphatic rings. The molecule has 5 nitrogen and oxygen atoms in total. The fourth-order valence-corrected chi connectivity index (χ4v) is 3.85. The van der Waals surface area contributed by atoms with Crippen LogP contribution in [0, 0.1) is 0 Å². The van der Waals surface area contributed by atoms with Crippen LogP contribution in [0.2, 0.25) is 15.1 Å². The van der Waals surface area contributed by atoms with Gasteiger partial charge in [0.25, 0.3) is 0 Å². The van der Waals surface area contributed by atoms with Crippen molar-refractivity contribution in [2.24, 2.45) is 5.10 Å². The number of halogens is 3. The summed E-state index contributed by atoms with van der Waals surface area (Å²) in [6, 6.07) is 19.9. The highest BCUT2D eigenvalue weighted by molar-refractivity contribution is 6.36. The maximum absolute atomic E-state index is 12.3. The molecule has 30 heavy (non-hydrogen) atoms. The van der Waals surface area contributed by atoms with Crippen molar-refractivity contribution in [3.05, 3.63) is 92.9 Å². The molecule has 0 saturated heterocycles. The summed E-state index contributed by atoms with van der Waals surface area (Å²) in [7, 11) is 0. The number of nitrogens with zero attached hydrogens (tertiary/aromatic N) is 1. The second-order valence-electron chi connectivity index (χ2n) is 6.75. The van der Waals surface area contributed by atoms with Gasteiger partial charge in [-0.1, -0.05) is 65.1 Å². The van der Waals surface area contributed by atoms with Gasteiger partial charge in [0.1, 0.15) is 0 Å². The van der Waals surface area contributed by atoms with Crippen LogP contribution in [-0.4, -0.2) is 11.7 Å². The summed E-state index contributed by atoms with van der Waals surface area (Å²) in [6.45, 7) is 0. The molecule has 1 aliphatic heterocycles. The standard InChI is InChI=1S/C22H17Cl3N4O/c23-14-7-5-13(6-8-14)20-12-21(16-3-1-2-4-18(16)26-20)28-29-22(30)27-19-10-9-15(24)11-17(19)25/h1-11,20,26H,12H2,(H2,27,29,30). The lowest BCUT2D eigenvalue weighted by atomic mass is 9.92. The smallest absolute Gasteiger partial charge is 0.339 e. The highest BCUT2D eigenvalue weighted by Gasteiger charge is 2.24. The molecule has 0 aromatic heterocycles. The number of para-hydroxylation sites is 1. The van der Waals surface area contributed by atoms with Gasteiger partial charge in [-0.2, -0.15) is 5.10 Å². The first-order chi connectivity index (χ1) is 14.5. The second kappa shape index (κ2) is 8.96. The molecule has 1 unspecified atom stereocenters. The zero-order chi connectivity index (χ0) is 21.1. The predicted octanol–water partition coefficient (Wildman–Crippen LogP) is 6.73. The Kier molecular flexibility index (Phi) is 6.13. The summed E-state index contributed by atoms with van der Waals surface area (Å²) in [6.07, 6.45) is 0.598. The van der Waals surface area contributed by atoms with Crippen LogP contribution in [0.1, 0.15) is 23.6 Å². The van der Waals surface area contributed by atoms with Crippen LogP contribution in [0.5, 0.6) is 0 Å². The minimum Gasteiger partial charge on any atom is -0.377 e. The summed E-state index contributed by atoms with van der Waals surface area (Å²) >= 11 is 18.0. The van der Waals surface area contributed by atoms with Gasteiger partial charge in [-0.15, -0.1) is 0 Å². The number of hydrogen-bond acceptors (Lipinski definition) is 3. The summed E-state index contributed by atoms with van der Waals surface area (Å²) < 4.78 is 0. The van der Waals surface area contributed by atoms with Crippen LogP contribution in [0.15, 0.2) is 71.8 Å². The van der Waals surface area contributed by atoms with Crippen molar-refractivity contribution < 1.29 is 4.79 Å². The normalized spacial score (nSPS) is 16.5. The summed E-state index contributed by atoms with van der Waals surface area (Å²) in [4.78, 5) is 12.3.